The molecular weight excluding hydrogens is 437 g/mol. The van der Waals surface area contributed by atoms with Crippen LogP contribution in [0.3, 0.4) is 0 Å². The molecule has 0 aromatic heterocycles. The topological polar surface area (TPSA) is 70.3 Å². The first-order valence-electron chi connectivity index (χ1n) is 8.58. The number of halogens is 2. The number of carboxylic acids is 1. The number of carbonyl (C=O) groups is 1. The van der Waals surface area contributed by atoms with E-state index in [-0.39, 0.29) is 11.4 Å². The van der Waals surface area contributed by atoms with Crippen molar-refractivity contribution in [2.75, 3.05) is 0 Å². The molecule has 0 aliphatic heterocycles. The second-order valence-corrected chi connectivity index (χ2v) is 7.01. The Morgan fingerprint density at radius 2 is 1.72 bits per heavy atom. The van der Waals surface area contributed by atoms with E-state index in [4.69, 9.17) is 9.84 Å². The van der Waals surface area contributed by atoms with Crippen molar-refractivity contribution < 1.29 is 19.0 Å². The lowest BCUT2D eigenvalue weighted by Gasteiger charge is -2.09. The van der Waals surface area contributed by atoms with Crippen molar-refractivity contribution in [3.63, 3.8) is 0 Å². The minimum atomic E-state index is -1.01. The van der Waals surface area contributed by atoms with Gasteiger partial charge in [-0.2, -0.15) is 5.26 Å². The highest BCUT2D eigenvalue weighted by Crippen LogP contribution is 2.29. The van der Waals surface area contributed by atoms with Crippen LogP contribution in [0.2, 0.25) is 0 Å². The van der Waals surface area contributed by atoms with Crippen LogP contribution >= 0.6 is 15.9 Å². The molecule has 0 unspecified atom stereocenters. The first-order valence-corrected chi connectivity index (χ1v) is 9.38. The van der Waals surface area contributed by atoms with Gasteiger partial charge in [0.1, 0.15) is 18.2 Å². The van der Waals surface area contributed by atoms with Crippen molar-refractivity contribution in [1.82, 2.24) is 0 Å². The van der Waals surface area contributed by atoms with E-state index in [9.17, 15) is 14.4 Å². The fraction of sp³-hybridized carbons (Fsp3) is 0.0435. The predicted molar refractivity (Wildman–Crippen MR) is 112 cm³/mol. The highest BCUT2D eigenvalue weighted by Gasteiger charge is 2.07. The molecule has 3 aromatic rings. The van der Waals surface area contributed by atoms with E-state index >= 15 is 0 Å². The van der Waals surface area contributed by atoms with Gasteiger partial charge in [-0.05, 0) is 75.1 Å². The van der Waals surface area contributed by atoms with Gasteiger partial charge in [-0.3, -0.25) is 0 Å². The van der Waals surface area contributed by atoms with E-state index in [1.165, 1.54) is 24.3 Å². The number of rotatable bonds is 6. The number of allylic oxidation sites excluding steroid dienone is 1. The molecule has 0 atom stereocenters. The van der Waals surface area contributed by atoms with E-state index in [0.717, 1.165) is 11.1 Å². The van der Waals surface area contributed by atoms with Gasteiger partial charge in [0.05, 0.1) is 21.7 Å². The molecule has 0 amide bonds. The maximum atomic E-state index is 13.0. The number of carboxylic acid groups (broad SMARTS) is 1. The number of benzene rings is 3. The fourth-order valence-corrected chi connectivity index (χ4v) is 3.12. The Hall–Kier alpha value is -3.43. The average Bonchev–Trinajstić information content (AvgIpc) is 2.72. The van der Waals surface area contributed by atoms with Crippen LogP contribution in [-0.2, 0) is 6.61 Å². The molecule has 0 fully saturated rings. The van der Waals surface area contributed by atoms with E-state index in [1.807, 2.05) is 12.1 Å². The van der Waals surface area contributed by atoms with E-state index < -0.39 is 5.97 Å². The van der Waals surface area contributed by atoms with Gasteiger partial charge in [0.25, 0.3) is 0 Å². The second-order valence-electron chi connectivity index (χ2n) is 6.16. The van der Waals surface area contributed by atoms with Gasteiger partial charge in [-0.1, -0.05) is 30.3 Å². The Morgan fingerprint density at radius 1 is 1.07 bits per heavy atom. The molecule has 0 heterocycles. The molecule has 3 rings (SSSR count). The van der Waals surface area contributed by atoms with Crippen LogP contribution in [0.5, 0.6) is 5.75 Å². The monoisotopic (exact) mass is 451 g/mol. The molecule has 0 spiro atoms. The van der Waals surface area contributed by atoms with Crippen LogP contribution in [0.4, 0.5) is 4.39 Å². The zero-order valence-electron chi connectivity index (χ0n) is 15.1. The SMILES string of the molecule is N#C/C(=C\c1ccc(OCc2ccc(F)cc2)c(Br)c1)c1ccc(C(=O)O)cc1. The third kappa shape index (κ3) is 5.31. The molecule has 0 saturated carbocycles. The Balaban J connectivity index is 1.76. The maximum Gasteiger partial charge on any atom is 0.335 e. The Bertz CT molecular complexity index is 1100. The molecule has 29 heavy (non-hydrogen) atoms. The van der Waals surface area contributed by atoms with Gasteiger partial charge in [0.15, 0.2) is 0 Å². The Labute approximate surface area is 175 Å². The van der Waals surface area contributed by atoms with Gasteiger partial charge in [-0.25, -0.2) is 9.18 Å². The minimum absolute atomic E-state index is 0.163. The summed E-state index contributed by atoms with van der Waals surface area (Å²) in [5.74, 6) is -0.688. The predicted octanol–water partition coefficient (Wildman–Crippen LogP) is 5.93. The van der Waals surface area contributed by atoms with Crippen molar-refractivity contribution in [2.24, 2.45) is 0 Å². The molecule has 6 heteroatoms. The third-order valence-electron chi connectivity index (χ3n) is 4.14. The molecule has 3 aromatic carbocycles. The molecule has 0 radical (unpaired) electrons. The summed E-state index contributed by atoms with van der Waals surface area (Å²) in [6, 6.07) is 19.8. The molecule has 0 aliphatic carbocycles. The number of nitriles is 1. The Kier molecular flexibility index (Phi) is 6.43. The summed E-state index contributed by atoms with van der Waals surface area (Å²) >= 11 is 3.46. The first kappa shape index (κ1) is 20.3. The zero-order valence-corrected chi connectivity index (χ0v) is 16.7. The molecule has 1 N–H and O–H groups in total. The van der Waals surface area contributed by atoms with Crippen LogP contribution in [-0.4, -0.2) is 11.1 Å². The number of ether oxygens (including phenoxy) is 1. The lowest BCUT2D eigenvalue weighted by Crippen LogP contribution is -1.96. The van der Waals surface area contributed by atoms with Gasteiger partial charge in [0, 0.05) is 0 Å². The highest BCUT2D eigenvalue weighted by molar-refractivity contribution is 9.10. The van der Waals surface area contributed by atoms with Gasteiger partial charge < -0.3 is 9.84 Å². The van der Waals surface area contributed by atoms with E-state index in [1.54, 1.807) is 36.4 Å². The van der Waals surface area contributed by atoms with Gasteiger partial charge in [0.2, 0.25) is 0 Å². The normalized spacial score (nSPS) is 11.0. The molecule has 0 aliphatic rings. The van der Waals surface area contributed by atoms with Gasteiger partial charge >= 0.3 is 5.97 Å². The molecule has 0 saturated heterocycles. The van der Waals surface area contributed by atoms with Crippen LogP contribution < -0.4 is 4.74 Å². The highest BCUT2D eigenvalue weighted by atomic mass is 79.9. The standard InChI is InChI=1S/C23H15BrFNO3/c24-21-12-16(3-10-22(21)29-14-15-1-8-20(25)9-2-15)11-19(13-26)17-4-6-18(7-5-17)23(27)28/h1-12H,14H2,(H,27,28)/b19-11+. The van der Waals surface area contributed by atoms with Crippen LogP contribution in [0, 0.1) is 17.1 Å². The lowest BCUT2D eigenvalue weighted by molar-refractivity contribution is 0.0697. The second kappa shape index (κ2) is 9.18. The van der Waals surface area contributed by atoms with Crippen molar-refractivity contribution in [2.45, 2.75) is 6.61 Å². The quantitative estimate of drug-likeness (QED) is 0.372. The molecule has 0 bridgehead atoms. The summed E-state index contributed by atoms with van der Waals surface area (Å²) in [4.78, 5) is 11.0. The minimum Gasteiger partial charge on any atom is -0.488 e. The Morgan fingerprint density at radius 3 is 2.31 bits per heavy atom. The summed E-state index contributed by atoms with van der Waals surface area (Å²) in [7, 11) is 0. The van der Waals surface area contributed by atoms with Crippen molar-refractivity contribution in [3.05, 3.63) is 99.3 Å². The van der Waals surface area contributed by atoms with Crippen molar-refractivity contribution in [1.29, 1.82) is 5.26 Å². The fourth-order valence-electron chi connectivity index (χ4n) is 2.60. The first-order chi connectivity index (χ1) is 14.0. The van der Waals surface area contributed by atoms with E-state index in [2.05, 4.69) is 22.0 Å². The summed E-state index contributed by atoms with van der Waals surface area (Å²) in [6.07, 6.45) is 1.71. The summed E-state index contributed by atoms with van der Waals surface area (Å²) in [5, 5.41) is 18.5. The number of nitrogens with zero attached hydrogens (tertiary/aromatic N) is 1. The zero-order chi connectivity index (χ0) is 20.8. The summed E-state index contributed by atoms with van der Waals surface area (Å²) in [6.45, 7) is 0.299. The molecule has 144 valence electrons. The number of hydrogen-bond donors (Lipinski definition) is 1. The smallest absolute Gasteiger partial charge is 0.335 e. The van der Waals surface area contributed by atoms with Crippen LogP contribution in [0.25, 0.3) is 11.6 Å². The maximum absolute atomic E-state index is 13.0. The molecule has 4 nitrogen and oxygen atoms in total. The average molecular weight is 452 g/mol. The number of hydrogen-bond acceptors (Lipinski definition) is 3. The van der Waals surface area contributed by atoms with Crippen LogP contribution in [0.15, 0.2) is 71.2 Å². The van der Waals surface area contributed by atoms with Crippen molar-refractivity contribution in [3.8, 4) is 11.8 Å². The molecular formula is C23H15BrFNO3. The largest absolute Gasteiger partial charge is 0.488 e. The van der Waals surface area contributed by atoms with Gasteiger partial charge in [-0.15, -0.1) is 0 Å². The lowest BCUT2D eigenvalue weighted by atomic mass is 10.0. The van der Waals surface area contributed by atoms with Crippen LogP contribution in [0.1, 0.15) is 27.0 Å². The van der Waals surface area contributed by atoms with E-state index in [0.29, 0.717) is 28.0 Å². The summed E-state index contributed by atoms with van der Waals surface area (Å²) < 4.78 is 19.4. The van der Waals surface area contributed by atoms with Crippen molar-refractivity contribution >= 4 is 33.5 Å². The number of aromatic carboxylic acids is 1. The summed E-state index contributed by atoms with van der Waals surface area (Å²) in [5.41, 5.74) is 2.83. The third-order valence-corrected chi connectivity index (χ3v) is 4.76.